The second-order valence-electron chi connectivity index (χ2n) is 3.67. The zero-order valence-electron chi connectivity index (χ0n) is 8.21. The standard InChI is InChI=1S/C10H16O3/c1-7-8(3-5-9(7)11)4-6-10(12)13-2/h7-8H,3-6H2,1-2H3. The van der Waals surface area contributed by atoms with Crippen LogP contribution in [0, 0.1) is 11.8 Å². The number of hydrogen-bond donors (Lipinski definition) is 0. The molecule has 0 bridgehead atoms. The molecule has 0 aromatic rings. The second kappa shape index (κ2) is 4.40. The van der Waals surface area contributed by atoms with Crippen molar-refractivity contribution in [3.8, 4) is 0 Å². The van der Waals surface area contributed by atoms with Gasteiger partial charge in [-0.05, 0) is 18.8 Å². The summed E-state index contributed by atoms with van der Waals surface area (Å²) >= 11 is 0. The van der Waals surface area contributed by atoms with E-state index < -0.39 is 0 Å². The van der Waals surface area contributed by atoms with Gasteiger partial charge in [0.1, 0.15) is 5.78 Å². The minimum Gasteiger partial charge on any atom is -0.469 e. The van der Waals surface area contributed by atoms with Gasteiger partial charge in [0.25, 0.3) is 0 Å². The van der Waals surface area contributed by atoms with E-state index in [1.807, 2.05) is 6.92 Å². The number of ketones is 1. The van der Waals surface area contributed by atoms with Crippen molar-refractivity contribution in [2.24, 2.45) is 11.8 Å². The first kappa shape index (κ1) is 10.2. The topological polar surface area (TPSA) is 43.4 Å². The van der Waals surface area contributed by atoms with E-state index in [9.17, 15) is 9.59 Å². The Morgan fingerprint density at radius 3 is 2.77 bits per heavy atom. The van der Waals surface area contributed by atoms with Crippen molar-refractivity contribution in [3.05, 3.63) is 0 Å². The van der Waals surface area contributed by atoms with E-state index in [-0.39, 0.29) is 11.9 Å². The number of Topliss-reactive ketones (excluding diaryl/α,β-unsaturated/α-hetero) is 1. The van der Waals surface area contributed by atoms with Crippen LogP contribution in [-0.2, 0) is 14.3 Å². The molecule has 0 heterocycles. The van der Waals surface area contributed by atoms with E-state index in [2.05, 4.69) is 4.74 Å². The lowest BCUT2D eigenvalue weighted by molar-refractivity contribution is -0.141. The number of methoxy groups -OCH3 is 1. The van der Waals surface area contributed by atoms with Crippen LogP contribution in [0.4, 0.5) is 0 Å². The summed E-state index contributed by atoms with van der Waals surface area (Å²) < 4.78 is 4.55. The zero-order valence-corrected chi connectivity index (χ0v) is 8.21. The van der Waals surface area contributed by atoms with E-state index in [1.54, 1.807) is 0 Å². The molecule has 0 aromatic heterocycles. The van der Waals surface area contributed by atoms with Gasteiger partial charge in [0, 0.05) is 18.8 Å². The Hall–Kier alpha value is -0.860. The monoisotopic (exact) mass is 184 g/mol. The van der Waals surface area contributed by atoms with Gasteiger partial charge in [-0.15, -0.1) is 0 Å². The highest BCUT2D eigenvalue weighted by Gasteiger charge is 2.30. The number of carbonyl (C=O) groups is 2. The molecule has 2 unspecified atom stereocenters. The fourth-order valence-electron chi connectivity index (χ4n) is 1.87. The summed E-state index contributed by atoms with van der Waals surface area (Å²) in [6.45, 7) is 1.96. The third-order valence-electron chi connectivity index (χ3n) is 2.92. The van der Waals surface area contributed by atoms with Gasteiger partial charge < -0.3 is 4.74 Å². The van der Waals surface area contributed by atoms with Gasteiger partial charge >= 0.3 is 5.97 Å². The van der Waals surface area contributed by atoms with Gasteiger partial charge in [-0.25, -0.2) is 0 Å². The Morgan fingerprint density at radius 1 is 1.62 bits per heavy atom. The first-order valence-electron chi connectivity index (χ1n) is 4.74. The molecule has 0 aromatic carbocycles. The predicted molar refractivity (Wildman–Crippen MR) is 48.1 cm³/mol. The third-order valence-corrected chi connectivity index (χ3v) is 2.92. The first-order valence-corrected chi connectivity index (χ1v) is 4.74. The molecule has 0 amide bonds. The maximum absolute atomic E-state index is 11.2. The molecular formula is C10H16O3. The van der Waals surface area contributed by atoms with Crippen molar-refractivity contribution >= 4 is 11.8 Å². The quantitative estimate of drug-likeness (QED) is 0.625. The molecule has 13 heavy (non-hydrogen) atoms. The van der Waals surface area contributed by atoms with Crippen LogP contribution in [0.5, 0.6) is 0 Å². The highest BCUT2D eigenvalue weighted by atomic mass is 16.5. The molecule has 0 aliphatic heterocycles. The van der Waals surface area contributed by atoms with Crippen LogP contribution >= 0.6 is 0 Å². The molecule has 0 N–H and O–H groups in total. The lowest BCUT2D eigenvalue weighted by Crippen LogP contribution is -2.12. The van der Waals surface area contributed by atoms with Gasteiger partial charge in [0.15, 0.2) is 0 Å². The lowest BCUT2D eigenvalue weighted by Gasteiger charge is -2.12. The largest absolute Gasteiger partial charge is 0.469 e. The number of ether oxygens (including phenoxy) is 1. The summed E-state index contributed by atoms with van der Waals surface area (Å²) in [6, 6.07) is 0. The average molecular weight is 184 g/mol. The lowest BCUT2D eigenvalue weighted by atomic mass is 9.93. The van der Waals surface area contributed by atoms with Gasteiger partial charge in [-0.1, -0.05) is 6.92 Å². The highest BCUT2D eigenvalue weighted by molar-refractivity contribution is 5.83. The Labute approximate surface area is 78.5 Å². The number of rotatable bonds is 3. The van der Waals surface area contributed by atoms with Gasteiger partial charge in [-0.3, -0.25) is 9.59 Å². The molecule has 1 rings (SSSR count). The third kappa shape index (κ3) is 2.54. The zero-order chi connectivity index (χ0) is 9.84. The minimum atomic E-state index is -0.174. The van der Waals surface area contributed by atoms with Crippen LogP contribution in [0.15, 0.2) is 0 Å². The number of carbonyl (C=O) groups excluding carboxylic acids is 2. The fourth-order valence-corrected chi connectivity index (χ4v) is 1.87. The summed E-state index contributed by atoms with van der Waals surface area (Å²) in [4.78, 5) is 22.0. The Morgan fingerprint density at radius 2 is 2.31 bits per heavy atom. The van der Waals surface area contributed by atoms with Crippen molar-refractivity contribution in [1.82, 2.24) is 0 Å². The maximum atomic E-state index is 11.2. The summed E-state index contributed by atoms with van der Waals surface area (Å²) in [6.07, 6.45) is 2.86. The van der Waals surface area contributed by atoms with Crippen molar-refractivity contribution in [3.63, 3.8) is 0 Å². The molecule has 3 nitrogen and oxygen atoms in total. The Balaban J connectivity index is 2.30. The van der Waals surface area contributed by atoms with Crippen LogP contribution in [-0.4, -0.2) is 18.9 Å². The molecular weight excluding hydrogens is 168 g/mol. The smallest absolute Gasteiger partial charge is 0.305 e. The summed E-state index contributed by atoms with van der Waals surface area (Å²) in [5.74, 6) is 0.706. The van der Waals surface area contributed by atoms with Gasteiger partial charge in [0.05, 0.1) is 7.11 Å². The predicted octanol–water partition coefficient (Wildman–Crippen LogP) is 1.55. The van der Waals surface area contributed by atoms with Crippen LogP contribution in [0.25, 0.3) is 0 Å². The molecule has 1 aliphatic carbocycles. The Kier molecular flexibility index (Phi) is 3.46. The highest BCUT2D eigenvalue weighted by Crippen LogP contribution is 2.31. The molecule has 0 spiro atoms. The normalized spacial score (nSPS) is 27.7. The van der Waals surface area contributed by atoms with E-state index in [0.29, 0.717) is 24.5 Å². The number of esters is 1. The van der Waals surface area contributed by atoms with Crippen LogP contribution < -0.4 is 0 Å². The molecule has 1 saturated carbocycles. The molecule has 1 aliphatic rings. The first-order chi connectivity index (χ1) is 6.15. The number of hydrogen-bond acceptors (Lipinski definition) is 3. The molecule has 74 valence electrons. The average Bonchev–Trinajstić information content (AvgIpc) is 2.44. The van der Waals surface area contributed by atoms with E-state index in [0.717, 1.165) is 12.8 Å². The molecule has 1 fully saturated rings. The Bertz CT molecular complexity index is 210. The van der Waals surface area contributed by atoms with Crippen molar-refractivity contribution < 1.29 is 14.3 Å². The van der Waals surface area contributed by atoms with E-state index in [1.165, 1.54) is 7.11 Å². The van der Waals surface area contributed by atoms with Crippen molar-refractivity contribution in [2.45, 2.75) is 32.6 Å². The van der Waals surface area contributed by atoms with Crippen LogP contribution in [0.1, 0.15) is 32.6 Å². The van der Waals surface area contributed by atoms with Gasteiger partial charge in [-0.2, -0.15) is 0 Å². The summed E-state index contributed by atoms with van der Waals surface area (Å²) in [7, 11) is 1.39. The van der Waals surface area contributed by atoms with Crippen molar-refractivity contribution in [1.29, 1.82) is 0 Å². The summed E-state index contributed by atoms with van der Waals surface area (Å²) in [5, 5.41) is 0. The molecule has 2 atom stereocenters. The minimum absolute atomic E-state index is 0.143. The van der Waals surface area contributed by atoms with E-state index in [4.69, 9.17) is 0 Å². The van der Waals surface area contributed by atoms with Gasteiger partial charge in [0.2, 0.25) is 0 Å². The summed E-state index contributed by atoms with van der Waals surface area (Å²) in [5.41, 5.74) is 0. The van der Waals surface area contributed by atoms with Crippen molar-refractivity contribution in [2.75, 3.05) is 7.11 Å². The van der Waals surface area contributed by atoms with E-state index >= 15 is 0 Å². The molecule has 0 saturated heterocycles. The van der Waals surface area contributed by atoms with Crippen LogP contribution in [0.2, 0.25) is 0 Å². The molecule has 0 radical (unpaired) electrons. The second-order valence-corrected chi connectivity index (χ2v) is 3.67. The maximum Gasteiger partial charge on any atom is 0.305 e. The van der Waals surface area contributed by atoms with Crippen LogP contribution in [0.3, 0.4) is 0 Å². The SMILES string of the molecule is COC(=O)CCC1CCC(=O)C1C. The molecule has 3 heteroatoms. The fraction of sp³-hybridized carbons (Fsp3) is 0.800.